The van der Waals surface area contributed by atoms with Crippen LogP contribution in [0.2, 0.25) is 0 Å². The Balaban J connectivity index is 1.89. The Morgan fingerprint density at radius 1 is 1.04 bits per heavy atom. The second-order valence-corrected chi connectivity index (χ2v) is 6.96. The molecule has 26 heavy (non-hydrogen) atoms. The number of likely N-dealkylation sites (tertiary alicyclic amines) is 1. The molecule has 5 nitrogen and oxygen atoms in total. The summed E-state index contributed by atoms with van der Waals surface area (Å²) in [5, 5.41) is 11.3. The highest BCUT2D eigenvalue weighted by molar-refractivity contribution is 5.77. The van der Waals surface area contributed by atoms with Crippen molar-refractivity contribution in [3.05, 3.63) is 0 Å². The van der Waals surface area contributed by atoms with E-state index < -0.39 is 61.1 Å². The predicted octanol–water partition coefficient (Wildman–Crippen LogP) is 3.26. The summed E-state index contributed by atoms with van der Waals surface area (Å²) in [5.41, 5.74) is 0. The molecule has 1 saturated carbocycles. The SMILES string of the molecule is O=C(O)[C@@H]1CN(C(=O)NCC2CCCC(C(F)(F)F)C2)C[C@H]1C(F)(F)F. The molecular weight excluding hydrogens is 370 g/mol. The first-order valence-corrected chi connectivity index (χ1v) is 8.28. The number of hydrogen-bond acceptors (Lipinski definition) is 2. The molecule has 2 rings (SSSR count). The van der Waals surface area contributed by atoms with Gasteiger partial charge in [0.05, 0.1) is 17.8 Å². The van der Waals surface area contributed by atoms with Crippen LogP contribution in [0.25, 0.3) is 0 Å². The predicted molar refractivity (Wildman–Crippen MR) is 77.1 cm³/mol. The molecule has 2 fully saturated rings. The van der Waals surface area contributed by atoms with Crippen molar-refractivity contribution in [3.8, 4) is 0 Å². The van der Waals surface area contributed by atoms with Crippen LogP contribution in [-0.4, -0.2) is 54.0 Å². The molecule has 2 unspecified atom stereocenters. The Morgan fingerprint density at radius 3 is 2.19 bits per heavy atom. The third-order valence-electron chi connectivity index (χ3n) is 5.13. The summed E-state index contributed by atoms with van der Waals surface area (Å²) >= 11 is 0. The van der Waals surface area contributed by atoms with Gasteiger partial charge in [-0.15, -0.1) is 0 Å². The number of carbonyl (C=O) groups excluding carboxylic acids is 1. The van der Waals surface area contributed by atoms with Gasteiger partial charge in [-0.2, -0.15) is 26.3 Å². The Kier molecular flexibility index (Phi) is 5.96. The fourth-order valence-electron chi connectivity index (χ4n) is 3.67. The van der Waals surface area contributed by atoms with Gasteiger partial charge in [0.1, 0.15) is 0 Å². The quantitative estimate of drug-likeness (QED) is 0.727. The van der Waals surface area contributed by atoms with Crippen molar-refractivity contribution in [1.29, 1.82) is 0 Å². The molecule has 4 atom stereocenters. The van der Waals surface area contributed by atoms with Crippen molar-refractivity contribution >= 4 is 12.0 Å². The number of urea groups is 1. The van der Waals surface area contributed by atoms with Crippen LogP contribution >= 0.6 is 0 Å². The number of aliphatic carboxylic acids is 1. The molecule has 2 aliphatic rings. The van der Waals surface area contributed by atoms with E-state index in [1.165, 1.54) is 0 Å². The lowest BCUT2D eigenvalue weighted by atomic mass is 9.81. The van der Waals surface area contributed by atoms with Crippen LogP contribution in [0, 0.1) is 23.7 Å². The van der Waals surface area contributed by atoms with E-state index in [1.54, 1.807) is 0 Å². The van der Waals surface area contributed by atoms with E-state index in [2.05, 4.69) is 5.32 Å². The average molecular weight is 390 g/mol. The molecule has 0 spiro atoms. The molecule has 1 aliphatic carbocycles. The standard InChI is InChI=1S/C15H20F6N2O3/c16-14(17,18)9-3-1-2-8(4-9)5-22-13(26)23-6-10(12(24)25)11(7-23)15(19,20)21/h8-11H,1-7H2,(H,22,26)(H,24,25)/t8?,9?,10-,11-/m1/s1. The first-order chi connectivity index (χ1) is 11.9. The van der Waals surface area contributed by atoms with Crippen LogP contribution < -0.4 is 5.32 Å². The average Bonchev–Trinajstić information content (AvgIpc) is 2.98. The van der Waals surface area contributed by atoms with Gasteiger partial charge in [-0.1, -0.05) is 6.42 Å². The Morgan fingerprint density at radius 2 is 1.69 bits per heavy atom. The monoisotopic (exact) mass is 390 g/mol. The maximum atomic E-state index is 12.9. The number of halogens is 6. The summed E-state index contributed by atoms with van der Waals surface area (Å²) < 4.78 is 77.1. The topological polar surface area (TPSA) is 69.6 Å². The smallest absolute Gasteiger partial charge is 0.394 e. The van der Waals surface area contributed by atoms with Crippen LogP contribution in [0.15, 0.2) is 0 Å². The van der Waals surface area contributed by atoms with Gasteiger partial charge < -0.3 is 15.3 Å². The van der Waals surface area contributed by atoms with Gasteiger partial charge >= 0.3 is 24.4 Å². The molecule has 2 N–H and O–H groups in total. The minimum Gasteiger partial charge on any atom is -0.481 e. The fourth-order valence-corrected chi connectivity index (χ4v) is 3.67. The van der Waals surface area contributed by atoms with Crippen LogP contribution in [-0.2, 0) is 4.79 Å². The molecule has 0 aromatic heterocycles. The lowest BCUT2D eigenvalue weighted by Gasteiger charge is -2.31. The summed E-state index contributed by atoms with van der Waals surface area (Å²) in [6, 6.07) is -0.878. The minimum atomic E-state index is -4.75. The number of rotatable bonds is 3. The molecular formula is C15H20F6N2O3. The molecule has 0 aromatic rings. The number of alkyl halides is 6. The summed E-state index contributed by atoms with van der Waals surface area (Å²) in [6.07, 6.45) is -8.28. The fraction of sp³-hybridized carbons (Fsp3) is 0.867. The molecule has 1 aliphatic heterocycles. The first-order valence-electron chi connectivity index (χ1n) is 8.28. The Bertz CT molecular complexity index is 536. The van der Waals surface area contributed by atoms with Crippen LogP contribution in [0.1, 0.15) is 25.7 Å². The van der Waals surface area contributed by atoms with Crippen LogP contribution in [0.4, 0.5) is 31.1 Å². The second kappa shape index (κ2) is 7.51. The van der Waals surface area contributed by atoms with Gasteiger partial charge in [-0.25, -0.2) is 4.79 Å². The molecule has 1 saturated heterocycles. The number of carbonyl (C=O) groups is 2. The zero-order valence-corrected chi connectivity index (χ0v) is 13.7. The molecule has 0 radical (unpaired) electrons. The number of amides is 2. The van der Waals surface area contributed by atoms with Gasteiger partial charge in [0.25, 0.3) is 0 Å². The number of nitrogens with one attached hydrogen (secondary N) is 1. The summed E-state index contributed by atoms with van der Waals surface area (Å²) in [7, 11) is 0. The van der Waals surface area contributed by atoms with Gasteiger partial charge in [0.2, 0.25) is 0 Å². The lowest BCUT2D eigenvalue weighted by molar-refractivity contribution is -0.187. The third kappa shape index (κ3) is 4.94. The van der Waals surface area contributed by atoms with E-state index >= 15 is 0 Å². The maximum Gasteiger partial charge on any atom is 0.394 e. The van der Waals surface area contributed by atoms with E-state index in [-0.39, 0.29) is 19.4 Å². The normalized spacial score (nSPS) is 30.3. The Hall–Kier alpha value is -1.68. The molecule has 1 heterocycles. The zero-order chi connectivity index (χ0) is 19.7. The van der Waals surface area contributed by atoms with Crippen molar-refractivity contribution in [2.75, 3.05) is 19.6 Å². The van der Waals surface area contributed by atoms with E-state index in [4.69, 9.17) is 5.11 Å². The summed E-state index contributed by atoms with van der Waals surface area (Å²) in [4.78, 5) is 23.8. The number of carboxylic acid groups (broad SMARTS) is 1. The van der Waals surface area contributed by atoms with Crippen molar-refractivity contribution in [3.63, 3.8) is 0 Å². The Labute approximate surface area is 145 Å². The van der Waals surface area contributed by atoms with Crippen molar-refractivity contribution in [2.24, 2.45) is 23.7 Å². The zero-order valence-electron chi connectivity index (χ0n) is 13.7. The van der Waals surface area contributed by atoms with Crippen LogP contribution in [0.5, 0.6) is 0 Å². The van der Waals surface area contributed by atoms with E-state index in [0.29, 0.717) is 12.8 Å². The van der Waals surface area contributed by atoms with E-state index in [9.17, 15) is 35.9 Å². The van der Waals surface area contributed by atoms with Crippen molar-refractivity contribution in [2.45, 2.75) is 38.0 Å². The molecule has 150 valence electrons. The van der Waals surface area contributed by atoms with E-state index in [1.807, 2.05) is 0 Å². The number of carboxylic acids is 1. The van der Waals surface area contributed by atoms with Crippen molar-refractivity contribution in [1.82, 2.24) is 10.2 Å². The number of nitrogens with zero attached hydrogens (tertiary/aromatic N) is 1. The summed E-state index contributed by atoms with van der Waals surface area (Å²) in [6.45, 7) is -1.43. The highest BCUT2D eigenvalue weighted by Crippen LogP contribution is 2.40. The van der Waals surface area contributed by atoms with Gasteiger partial charge in [-0.05, 0) is 25.2 Å². The largest absolute Gasteiger partial charge is 0.481 e. The maximum absolute atomic E-state index is 12.9. The molecule has 11 heteroatoms. The molecule has 0 aromatic carbocycles. The van der Waals surface area contributed by atoms with Gasteiger partial charge in [0.15, 0.2) is 0 Å². The first kappa shape index (κ1) is 20.6. The van der Waals surface area contributed by atoms with Gasteiger partial charge in [-0.3, -0.25) is 4.79 Å². The lowest BCUT2D eigenvalue weighted by Crippen LogP contribution is -2.42. The number of hydrogen-bond donors (Lipinski definition) is 2. The molecule has 0 bridgehead atoms. The third-order valence-corrected chi connectivity index (χ3v) is 5.13. The van der Waals surface area contributed by atoms with Crippen molar-refractivity contribution < 1.29 is 41.0 Å². The molecule has 2 amide bonds. The highest BCUT2D eigenvalue weighted by atomic mass is 19.4. The van der Waals surface area contributed by atoms with Crippen LogP contribution in [0.3, 0.4) is 0 Å². The second-order valence-electron chi connectivity index (χ2n) is 6.96. The van der Waals surface area contributed by atoms with E-state index in [0.717, 1.165) is 4.90 Å². The summed E-state index contributed by atoms with van der Waals surface area (Å²) in [5.74, 6) is -7.38. The minimum absolute atomic E-state index is 0.0353. The highest BCUT2D eigenvalue weighted by Gasteiger charge is 2.53. The van der Waals surface area contributed by atoms with Gasteiger partial charge in [0, 0.05) is 19.6 Å².